The molecule has 2 aromatic carbocycles. The van der Waals surface area contributed by atoms with E-state index in [1.165, 1.54) is 18.2 Å². The van der Waals surface area contributed by atoms with Crippen LogP contribution in [0.2, 0.25) is 0 Å². The number of para-hydroxylation sites is 2. The number of likely N-dealkylation sites (N-methyl/N-ethyl adjacent to an activating group) is 1. The monoisotopic (exact) mass is 379 g/mol. The number of alkyl halides is 3. The molecular formula is C20H24F3N3O. The average molecular weight is 379 g/mol. The maximum absolute atomic E-state index is 13.0. The van der Waals surface area contributed by atoms with Gasteiger partial charge in [0.25, 0.3) is 0 Å². The number of nitrogens with one attached hydrogen (secondary N) is 2. The van der Waals surface area contributed by atoms with Crippen molar-refractivity contribution in [3.63, 3.8) is 0 Å². The zero-order chi connectivity index (χ0) is 19.9. The van der Waals surface area contributed by atoms with Crippen LogP contribution in [0.25, 0.3) is 0 Å². The molecule has 27 heavy (non-hydrogen) atoms. The lowest BCUT2D eigenvalue weighted by atomic mass is 10.1. The Morgan fingerprint density at radius 2 is 1.70 bits per heavy atom. The molecule has 1 unspecified atom stereocenters. The number of amides is 1. The molecule has 146 valence electrons. The van der Waals surface area contributed by atoms with Crippen LogP contribution in [0.3, 0.4) is 0 Å². The lowest BCUT2D eigenvalue weighted by molar-refractivity contribution is -0.137. The largest absolute Gasteiger partial charge is 0.418 e. The van der Waals surface area contributed by atoms with E-state index in [1.807, 2.05) is 44.3 Å². The van der Waals surface area contributed by atoms with E-state index in [0.29, 0.717) is 6.54 Å². The molecule has 0 aromatic heterocycles. The van der Waals surface area contributed by atoms with Crippen LogP contribution in [0.15, 0.2) is 54.6 Å². The van der Waals surface area contributed by atoms with Crippen LogP contribution in [-0.4, -0.2) is 32.1 Å². The van der Waals surface area contributed by atoms with Gasteiger partial charge in [0.1, 0.15) is 0 Å². The molecule has 0 aliphatic heterocycles. The van der Waals surface area contributed by atoms with Crippen molar-refractivity contribution < 1.29 is 18.0 Å². The highest BCUT2D eigenvalue weighted by molar-refractivity contribution is 5.92. The summed E-state index contributed by atoms with van der Waals surface area (Å²) in [5.41, 5.74) is 0.0305. The summed E-state index contributed by atoms with van der Waals surface area (Å²) in [6.45, 7) is 3.23. The number of nitrogens with zero attached hydrogens (tertiary/aromatic N) is 1. The molecule has 0 spiro atoms. The van der Waals surface area contributed by atoms with Gasteiger partial charge in [0.2, 0.25) is 5.91 Å². The molecule has 0 aliphatic carbocycles. The van der Waals surface area contributed by atoms with Gasteiger partial charge in [-0.1, -0.05) is 30.3 Å². The number of benzene rings is 2. The molecule has 0 heterocycles. The standard InChI is InChI=1S/C20H24F3N3O/c1-15(24-12-13-26(2)16-8-4-3-5-9-16)14-19(27)25-18-11-7-6-10-17(18)20(21,22)23/h3-11,15,24H,12-14H2,1-2H3,(H,25,27). The summed E-state index contributed by atoms with van der Waals surface area (Å²) in [4.78, 5) is 14.2. The summed E-state index contributed by atoms with van der Waals surface area (Å²) >= 11 is 0. The molecule has 2 aromatic rings. The number of hydrogen-bond acceptors (Lipinski definition) is 3. The molecule has 1 amide bonds. The molecule has 7 heteroatoms. The van der Waals surface area contributed by atoms with Gasteiger partial charge >= 0.3 is 6.18 Å². The Kier molecular flexibility index (Phi) is 7.24. The van der Waals surface area contributed by atoms with Crippen molar-refractivity contribution in [2.24, 2.45) is 0 Å². The van der Waals surface area contributed by atoms with Crippen molar-refractivity contribution in [3.8, 4) is 0 Å². The van der Waals surface area contributed by atoms with Gasteiger partial charge < -0.3 is 15.5 Å². The summed E-state index contributed by atoms with van der Waals surface area (Å²) in [6.07, 6.45) is -4.42. The SMILES string of the molecule is CC(CC(=O)Nc1ccccc1C(F)(F)F)NCCN(C)c1ccccc1. The maximum Gasteiger partial charge on any atom is 0.418 e. The highest BCUT2D eigenvalue weighted by Gasteiger charge is 2.33. The lowest BCUT2D eigenvalue weighted by Gasteiger charge is -2.21. The molecule has 1 atom stereocenters. The van der Waals surface area contributed by atoms with Crippen LogP contribution in [0, 0.1) is 0 Å². The van der Waals surface area contributed by atoms with Crippen molar-refractivity contribution in [1.29, 1.82) is 0 Å². The van der Waals surface area contributed by atoms with Gasteiger partial charge in [-0.25, -0.2) is 0 Å². The Morgan fingerprint density at radius 3 is 2.37 bits per heavy atom. The second kappa shape index (κ2) is 9.41. The normalized spacial score (nSPS) is 12.5. The Morgan fingerprint density at radius 1 is 1.07 bits per heavy atom. The number of halogens is 3. The smallest absolute Gasteiger partial charge is 0.373 e. The van der Waals surface area contributed by atoms with Crippen molar-refractivity contribution in [1.82, 2.24) is 5.32 Å². The van der Waals surface area contributed by atoms with E-state index in [-0.39, 0.29) is 18.2 Å². The zero-order valence-corrected chi connectivity index (χ0v) is 15.4. The Hall–Kier alpha value is -2.54. The summed E-state index contributed by atoms with van der Waals surface area (Å²) in [5, 5.41) is 5.58. The minimum Gasteiger partial charge on any atom is -0.373 e. The summed E-state index contributed by atoms with van der Waals surface area (Å²) in [5.74, 6) is -0.455. The molecule has 2 N–H and O–H groups in total. The first-order valence-electron chi connectivity index (χ1n) is 8.73. The average Bonchev–Trinajstić information content (AvgIpc) is 2.61. The Balaban J connectivity index is 1.79. The van der Waals surface area contributed by atoms with Gasteiger partial charge in [0.15, 0.2) is 0 Å². The van der Waals surface area contributed by atoms with Crippen molar-refractivity contribution >= 4 is 17.3 Å². The van der Waals surface area contributed by atoms with Gasteiger partial charge in [-0.05, 0) is 31.2 Å². The summed E-state index contributed by atoms with van der Waals surface area (Å²) < 4.78 is 38.9. The first-order valence-corrected chi connectivity index (χ1v) is 8.73. The van der Waals surface area contributed by atoms with Crippen LogP contribution < -0.4 is 15.5 Å². The minimum absolute atomic E-state index is 0.0846. The van der Waals surface area contributed by atoms with Gasteiger partial charge in [0.05, 0.1) is 11.3 Å². The van der Waals surface area contributed by atoms with Crippen molar-refractivity contribution in [2.75, 3.05) is 30.4 Å². The predicted molar refractivity (Wildman–Crippen MR) is 102 cm³/mol. The number of hydrogen-bond donors (Lipinski definition) is 2. The third kappa shape index (κ3) is 6.60. The fourth-order valence-electron chi connectivity index (χ4n) is 2.68. The first kappa shape index (κ1) is 20.8. The summed E-state index contributed by atoms with van der Waals surface area (Å²) in [6, 6.07) is 14.7. The number of carbonyl (C=O) groups excluding carboxylic acids is 1. The molecule has 4 nitrogen and oxygen atoms in total. The third-order valence-corrected chi connectivity index (χ3v) is 4.14. The minimum atomic E-state index is -4.50. The fourth-order valence-corrected chi connectivity index (χ4v) is 2.68. The highest BCUT2D eigenvalue weighted by Crippen LogP contribution is 2.34. The quantitative estimate of drug-likeness (QED) is 0.724. The van der Waals surface area contributed by atoms with Crippen molar-refractivity contribution in [3.05, 3.63) is 60.2 Å². The molecule has 0 fully saturated rings. The van der Waals surface area contributed by atoms with E-state index >= 15 is 0 Å². The van der Waals surface area contributed by atoms with E-state index in [2.05, 4.69) is 15.5 Å². The van der Waals surface area contributed by atoms with E-state index in [0.717, 1.165) is 18.3 Å². The van der Waals surface area contributed by atoms with Crippen LogP contribution >= 0.6 is 0 Å². The zero-order valence-electron chi connectivity index (χ0n) is 15.4. The van der Waals surface area contributed by atoms with Crippen LogP contribution in [0.4, 0.5) is 24.5 Å². The molecule has 0 bridgehead atoms. The van der Waals surface area contributed by atoms with E-state index in [9.17, 15) is 18.0 Å². The first-order chi connectivity index (χ1) is 12.8. The molecule has 0 saturated carbocycles. The topological polar surface area (TPSA) is 44.4 Å². The van der Waals surface area contributed by atoms with Crippen LogP contribution in [-0.2, 0) is 11.0 Å². The Bertz CT molecular complexity index is 735. The van der Waals surface area contributed by atoms with E-state index < -0.39 is 17.6 Å². The molecule has 2 rings (SSSR count). The second-order valence-corrected chi connectivity index (χ2v) is 6.41. The predicted octanol–water partition coefficient (Wildman–Crippen LogP) is 4.15. The second-order valence-electron chi connectivity index (χ2n) is 6.41. The van der Waals surface area contributed by atoms with Crippen LogP contribution in [0.1, 0.15) is 18.9 Å². The molecular weight excluding hydrogens is 355 g/mol. The van der Waals surface area contributed by atoms with Gasteiger partial charge in [-0.3, -0.25) is 4.79 Å². The van der Waals surface area contributed by atoms with Crippen molar-refractivity contribution in [2.45, 2.75) is 25.6 Å². The fraction of sp³-hybridized carbons (Fsp3) is 0.350. The number of rotatable bonds is 8. The van der Waals surface area contributed by atoms with Gasteiger partial charge in [-0.15, -0.1) is 0 Å². The highest BCUT2D eigenvalue weighted by atomic mass is 19.4. The van der Waals surface area contributed by atoms with Crippen LogP contribution in [0.5, 0.6) is 0 Å². The van der Waals surface area contributed by atoms with E-state index in [1.54, 1.807) is 0 Å². The lowest BCUT2D eigenvalue weighted by Crippen LogP contribution is -2.36. The molecule has 0 aliphatic rings. The van der Waals surface area contributed by atoms with Gasteiger partial charge in [-0.2, -0.15) is 13.2 Å². The third-order valence-electron chi connectivity index (χ3n) is 4.14. The number of carbonyl (C=O) groups is 1. The Labute approximate surface area is 157 Å². The summed E-state index contributed by atoms with van der Waals surface area (Å²) in [7, 11) is 1.97. The molecule has 0 radical (unpaired) electrons. The van der Waals surface area contributed by atoms with Gasteiger partial charge in [0, 0.05) is 38.3 Å². The maximum atomic E-state index is 13.0. The molecule has 0 saturated heterocycles. The van der Waals surface area contributed by atoms with E-state index in [4.69, 9.17) is 0 Å². The number of anilines is 2.